The highest BCUT2D eigenvalue weighted by molar-refractivity contribution is 14.0. The molecule has 1 unspecified atom stereocenters. The fourth-order valence-electron chi connectivity index (χ4n) is 3.36. The van der Waals surface area contributed by atoms with Gasteiger partial charge < -0.3 is 15.1 Å². The number of likely N-dealkylation sites (tertiary alicyclic amines) is 1. The van der Waals surface area contributed by atoms with Gasteiger partial charge in [-0.15, -0.1) is 24.0 Å². The minimum Gasteiger partial charge on any atom is -0.356 e. The van der Waals surface area contributed by atoms with Gasteiger partial charge in [-0.2, -0.15) is 0 Å². The number of hydrogen-bond donors (Lipinski definition) is 1. The molecule has 134 valence electrons. The summed E-state index contributed by atoms with van der Waals surface area (Å²) in [6.07, 6.45) is 4.12. The van der Waals surface area contributed by atoms with Crippen molar-refractivity contribution in [3.8, 4) is 0 Å². The molecule has 24 heavy (non-hydrogen) atoms. The molecule has 1 saturated heterocycles. The van der Waals surface area contributed by atoms with Crippen LogP contribution in [0.4, 0.5) is 0 Å². The van der Waals surface area contributed by atoms with Gasteiger partial charge in [0.2, 0.25) is 0 Å². The molecule has 1 aliphatic heterocycles. The van der Waals surface area contributed by atoms with Crippen LogP contribution in [0.15, 0.2) is 29.3 Å². The van der Waals surface area contributed by atoms with E-state index in [4.69, 9.17) is 11.6 Å². The molecule has 0 amide bonds. The van der Waals surface area contributed by atoms with E-state index < -0.39 is 0 Å². The van der Waals surface area contributed by atoms with Crippen molar-refractivity contribution < 1.29 is 0 Å². The summed E-state index contributed by atoms with van der Waals surface area (Å²) in [5.74, 6) is 1.71. The molecule has 1 aromatic carbocycles. The molecule has 1 atom stereocenters. The van der Waals surface area contributed by atoms with Crippen LogP contribution in [0.5, 0.6) is 0 Å². The van der Waals surface area contributed by atoms with E-state index in [1.807, 2.05) is 19.2 Å². The van der Waals surface area contributed by atoms with Crippen LogP contribution in [0.2, 0.25) is 5.02 Å². The van der Waals surface area contributed by atoms with Crippen LogP contribution in [-0.4, -0.2) is 55.5 Å². The number of guanidine groups is 1. The predicted molar refractivity (Wildman–Crippen MR) is 112 cm³/mol. The Morgan fingerprint density at radius 3 is 2.62 bits per heavy atom. The van der Waals surface area contributed by atoms with E-state index in [1.165, 1.54) is 37.9 Å². The Kier molecular flexibility index (Phi) is 7.62. The number of rotatable bonds is 5. The van der Waals surface area contributed by atoms with Gasteiger partial charge in [-0.05, 0) is 49.4 Å². The minimum atomic E-state index is 0. The Morgan fingerprint density at radius 1 is 1.29 bits per heavy atom. The molecule has 1 heterocycles. The first-order valence-electron chi connectivity index (χ1n) is 8.56. The van der Waals surface area contributed by atoms with Gasteiger partial charge in [0, 0.05) is 44.8 Å². The van der Waals surface area contributed by atoms with Gasteiger partial charge in [0.05, 0.1) is 0 Å². The average Bonchev–Trinajstić information content (AvgIpc) is 3.29. The van der Waals surface area contributed by atoms with E-state index in [0.717, 1.165) is 36.0 Å². The third kappa shape index (κ3) is 5.49. The zero-order chi connectivity index (χ0) is 16.2. The third-order valence-electron chi connectivity index (χ3n) is 4.84. The SMILES string of the molecule is CN=C(NCC1CCN(C2CC2)C1)N(C)Cc1ccc(Cl)cc1.I. The lowest BCUT2D eigenvalue weighted by molar-refractivity contribution is 0.313. The molecule has 0 aromatic heterocycles. The maximum absolute atomic E-state index is 5.95. The number of nitrogens with one attached hydrogen (secondary N) is 1. The molecule has 1 aromatic rings. The molecular formula is C18H28ClIN4. The van der Waals surface area contributed by atoms with Crippen LogP contribution in [0.1, 0.15) is 24.8 Å². The van der Waals surface area contributed by atoms with Crippen molar-refractivity contribution in [3.05, 3.63) is 34.9 Å². The molecule has 0 spiro atoms. The number of aliphatic imine (C=N–C) groups is 1. The molecule has 1 aliphatic carbocycles. The van der Waals surface area contributed by atoms with Crippen molar-refractivity contribution >= 4 is 41.5 Å². The fourth-order valence-corrected chi connectivity index (χ4v) is 3.49. The van der Waals surface area contributed by atoms with Crippen molar-refractivity contribution in [2.45, 2.75) is 31.8 Å². The van der Waals surface area contributed by atoms with Crippen molar-refractivity contribution in [2.24, 2.45) is 10.9 Å². The van der Waals surface area contributed by atoms with Gasteiger partial charge in [-0.1, -0.05) is 23.7 Å². The topological polar surface area (TPSA) is 30.9 Å². The number of halogens is 2. The van der Waals surface area contributed by atoms with Gasteiger partial charge in [0.25, 0.3) is 0 Å². The normalized spacial score (nSPS) is 21.5. The van der Waals surface area contributed by atoms with E-state index in [2.05, 4.69) is 39.3 Å². The van der Waals surface area contributed by atoms with Crippen LogP contribution in [-0.2, 0) is 6.54 Å². The maximum atomic E-state index is 5.95. The number of hydrogen-bond acceptors (Lipinski definition) is 2. The van der Waals surface area contributed by atoms with Crippen molar-refractivity contribution in [1.29, 1.82) is 0 Å². The van der Waals surface area contributed by atoms with E-state index >= 15 is 0 Å². The Labute approximate surface area is 167 Å². The highest BCUT2D eigenvalue weighted by Crippen LogP contribution is 2.31. The largest absolute Gasteiger partial charge is 0.356 e. The molecule has 0 radical (unpaired) electrons. The quantitative estimate of drug-likeness (QED) is 0.413. The molecule has 0 bridgehead atoms. The standard InChI is InChI=1S/C18H27ClN4.HI/c1-20-18(22(2)12-14-3-5-16(19)6-4-14)21-11-15-9-10-23(13-15)17-7-8-17;/h3-6,15,17H,7-13H2,1-2H3,(H,20,21);1H. The summed E-state index contributed by atoms with van der Waals surface area (Å²) >= 11 is 5.95. The Balaban J connectivity index is 0.00000208. The zero-order valence-electron chi connectivity index (χ0n) is 14.5. The number of nitrogens with zero attached hydrogens (tertiary/aromatic N) is 3. The van der Waals surface area contributed by atoms with Crippen LogP contribution in [0.25, 0.3) is 0 Å². The minimum absolute atomic E-state index is 0. The van der Waals surface area contributed by atoms with E-state index in [1.54, 1.807) is 0 Å². The van der Waals surface area contributed by atoms with Crippen molar-refractivity contribution in [3.63, 3.8) is 0 Å². The van der Waals surface area contributed by atoms with Gasteiger partial charge in [0.15, 0.2) is 5.96 Å². The maximum Gasteiger partial charge on any atom is 0.193 e. The average molecular weight is 463 g/mol. The van der Waals surface area contributed by atoms with Gasteiger partial charge in [-0.25, -0.2) is 0 Å². The summed E-state index contributed by atoms with van der Waals surface area (Å²) in [6, 6.07) is 8.90. The lowest BCUT2D eigenvalue weighted by atomic mass is 10.1. The van der Waals surface area contributed by atoms with Gasteiger partial charge in [0.1, 0.15) is 0 Å². The Hall–Kier alpha value is -0.530. The molecule has 2 aliphatic rings. The zero-order valence-corrected chi connectivity index (χ0v) is 17.6. The lowest BCUT2D eigenvalue weighted by Gasteiger charge is -2.23. The molecule has 4 nitrogen and oxygen atoms in total. The second-order valence-electron chi connectivity index (χ2n) is 6.79. The molecule has 3 rings (SSSR count). The van der Waals surface area contributed by atoms with Gasteiger partial charge >= 0.3 is 0 Å². The monoisotopic (exact) mass is 462 g/mol. The Morgan fingerprint density at radius 2 is 2.00 bits per heavy atom. The third-order valence-corrected chi connectivity index (χ3v) is 5.09. The van der Waals surface area contributed by atoms with Gasteiger partial charge in [-0.3, -0.25) is 4.99 Å². The first-order chi connectivity index (χ1) is 11.2. The highest BCUT2D eigenvalue weighted by Gasteiger charge is 2.34. The number of benzene rings is 1. The van der Waals surface area contributed by atoms with Crippen molar-refractivity contribution in [2.75, 3.05) is 33.7 Å². The second kappa shape index (κ2) is 9.25. The van der Waals surface area contributed by atoms with Crippen LogP contribution < -0.4 is 5.32 Å². The first-order valence-corrected chi connectivity index (χ1v) is 8.94. The highest BCUT2D eigenvalue weighted by atomic mass is 127. The molecule has 1 saturated carbocycles. The summed E-state index contributed by atoms with van der Waals surface area (Å²) in [7, 11) is 3.93. The summed E-state index contributed by atoms with van der Waals surface area (Å²) in [6.45, 7) is 4.36. The predicted octanol–water partition coefficient (Wildman–Crippen LogP) is 3.45. The second-order valence-corrected chi connectivity index (χ2v) is 7.23. The summed E-state index contributed by atoms with van der Waals surface area (Å²) in [5.41, 5.74) is 1.24. The smallest absolute Gasteiger partial charge is 0.193 e. The van der Waals surface area contributed by atoms with E-state index in [0.29, 0.717) is 0 Å². The molecule has 2 fully saturated rings. The summed E-state index contributed by atoms with van der Waals surface area (Å²) < 4.78 is 0. The fraction of sp³-hybridized carbons (Fsp3) is 0.611. The first kappa shape index (κ1) is 19.8. The lowest BCUT2D eigenvalue weighted by Crippen LogP contribution is -2.41. The summed E-state index contributed by atoms with van der Waals surface area (Å²) in [5, 5.41) is 4.32. The van der Waals surface area contributed by atoms with E-state index in [-0.39, 0.29) is 24.0 Å². The van der Waals surface area contributed by atoms with Crippen LogP contribution in [0, 0.1) is 5.92 Å². The van der Waals surface area contributed by atoms with Crippen molar-refractivity contribution in [1.82, 2.24) is 15.1 Å². The van der Waals surface area contributed by atoms with E-state index in [9.17, 15) is 0 Å². The molecule has 6 heteroatoms. The van der Waals surface area contributed by atoms with Crippen LogP contribution >= 0.6 is 35.6 Å². The molecular weight excluding hydrogens is 435 g/mol. The Bertz CT molecular complexity index is 544. The summed E-state index contributed by atoms with van der Waals surface area (Å²) in [4.78, 5) is 9.24. The van der Waals surface area contributed by atoms with Crippen LogP contribution in [0.3, 0.4) is 0 Å². The molecule has 1 N–H and O–H groups in total.